The van der Waals surface area contributed by atoms with Gasteiger partial charge in [0.2, 0.25) is 5.78 Å². The molecule has 0 amide bonds. The monoisotopic (exact) mass is 392 g/mol. The molecule has 7 heteroatoms. The standard InChI is InChI=1S/C12H8Br2F2N2O/c1-2-18-11(7(14)5-17-18)12(19)10-8(15)3-6(13)4-9(10)16/h3-5H,2H2,1H3. The molecule has 2 aromatic rings. The third-order valence-corrected chi connectivity index (χ3v) is 3.58. The second kappa shape index (κ2) is 5.50. The molecule has 1 aromatic carbocycles. The molecule has 0 N–H and O–H groups in total. The summed E-state index contributed by atoms with van der Waals surface area (Å²) in [5, 5.41) is 3.95. The average Bonchev–Trinajstić information content (AvgIpc) is 2.68. The predicted octanol–water partition coefficient (Wildman–Crippen LogP) is 3.94. The molecular weight excluding hydrogens is 386 g/mol. The van der Waals surface area contributed by atoms with E-state index in [0.29, 0.717) is 11.0 Å². The molecule has 0 aliphatic carbocycles. The SMILES string of the molecule is CCn1ncc(Br)c1C(=O)c1c(F)cc(Br)cc1F. The number of benzene rings is 1. The van der Waals surface area contributed by atoms with Crippen LogP contribution in [0.1, 0.15) is 23.0 Å². The topological polar surface area (TPSA) is 34.9 Å². The van der Waals surface area contributed by atoms with Crippen molar-refractivity contribution < 1.29 is 13.6 Å². The molecule has 0 saturated carbocycles. The number of hydrogen-bond acceptors (Lipinski definition) is 2. The number of rotatable bonds is 3. The third kappa shape index (κ3) is 2.62. The number of aromatic nitrogens is 2. The van der Waals surface area contributed by atoms with Crippen LogP contribution >= 0.6 is 31.9 Å². The third-order valence-electron chi connectivity index (χ3n) is 2.54. The average molecular weight is 394 g/mol. The van der Waals surface area contributed by atoms with E-state index >= 15 is 0 Å². The Morgan fingerprint density at radius 2 is 1.89 bits per heavy atom. The second-order valence-corrected chi connectivity index (χ2v) is 5.50. The quantitative estimate of drug-likeness (QED) is 0.740. The highest BCUT2D eigenvalue weighted by atomic mass is 79.9. The van der Waals surface area contributed by atoms with Crippen LogP contribution in [0.15, 0.2) is 27.3 Å². The highest BCUT2D eigenvalue weighted by molar-refractivity contribution is 9.10. The lowest BCUT2D eigenvalue weighted by atomic mass is 10.1. The molecule has 0 atom stereocenters. The summed E-state index contributed by atoms with van der Waals surface area (Å²) in [4.78, 5) is 12.3. The molecule has 0 unspecified atom stereocenters. The number of carbonyl (C=O) groups excluding carboxylic acids is 1. The number of nitrogens with zero attached hydrogens (tertiary/aromatic N) is 2. The summed E-state index contributed by atoms with van der Waals surface area (Å²) in [6.07, 6.45) is 1.42. The first-order chi connectivity index (χ1) is 8.95. The summed E-state index contributed by atoms with van der Waals surface area (Å²) in [7, 11) is 0. The van der Waals surface area contributed by atoms with Crippen molar-refractivity contribution >= 4 is 37.6 Å². The maximum Gasteiger partial charge on any atom is 0.218 e. The minimum atomic E-state index is -0.910. The summed E-state index contributed by atoms with van der Waals surface area (Å²) < 4.78 is 29.6. The van der Waals surface area contributed by atoms with Crippen molar-refractivity contribution in [2.24, 2.45) is 0 Å². The van der Waals surface area contributed by atoms with Crippen molar-refractivity contribution in [3.05, 3.63) is 50.2 Å². The molecule has 1 aromatic heterocycles. The van der Waals surface area contributed by atoms with Gasteiger partial charge < -0.3 is 0 Å². The van der Waals surface area contributed by atoms with Gasteiger partial charge >= 0.3 is 0 Å². The van der Waals surface area contributed by atoms with Crippen LogP contribution in [0.2, 0.25) is 0 Å². The van der Waals surface area contributed by atoms with Crippen molar-refractivity contribution in [3.63, 3.8) is 0 Å². The van der Waals surface area contributed by atoms with Gasteiger partial charge in [0, 0.05) is 11.0 Å². The number of halogens is 4. The van der Waals surface area contributed by atoms with E-state index in [1.54, 1.807) is 6.92 Å². The molecule has 2 rings (SSSR count). The van der Waals surface area contributed by atoms with E-state index in [2.05, 4.69) is 37.0 Å². The van der Waals surface area contributed by atoms with Crippen LogP contribution < -0.4 is 0 Å². The molecule has 0 saturated heterocycles. The molecule has 0 fully saturated rings. The Morgan fingerprint density at radius 3 is 2.42 bits per heavy atom. The summed E-state index contributed by atoms with van der Waals surface area (Å²) in [5.41, 5.74) is -0.457. The number of carbonyl (C=O) groups is 1. The zero-order chi connectivity index (χ0) is 14.2. The van der Waals surface area contributed by atoms with Crippen LogP contribution in [0, 0.1) is 11.6 Å². The van der Waals surface area contributed by atoms with Gasteiger partial charge in [0.1, 0.15) is 17.3 Å². The van der Waals surface area contributed by atoms with Crippen molar-refractivity contribution in [1.29, 1.82) is 0 Å². The van der Waals surface area contributed by atoms with Crippen LogP contribution in [-0.2, 0) is 6.54 Å². The van der Waals surface area contributed by atoms with Crippen LogP contribution in [0.25, 0.3) is 0 Å². The van der Waals surface area contributed by atoms with Crippen molar-refractivity contribution in [2.45, 2.75) is 13.5 Å². The number of aryl methyl sites for hydroxylation is 1. The Kier molecular flexibility index (Phi) is 4.15. The van der Waals surface area contributed by atoms with E-state index in [4.69, 9.17) is 0 Å². The molecule has 0 radical (unpaired) electrons. The van der Waals surface area contributed by atoms with Gasteiger partial charge in [0.05, 0.1) is 16.2 Å². The highest BCUT2D eigenvalue weighted by Gasteiger charge is 2.25. The fourth-order valence-corrected chi connectivity index (χ4v) is 2.58. The Morgan fingerprint density at radius 1 is 1.32 bits per heavy atom. The highest BCUT2D eigenvalue weighted by Crippen LogP contribution is 2.25. The van der Waals surface area contributed by atoms with Crippen molar-refractivity contribution in [1.82, 2.24) is 9.78 Å². The molecule has 0 aliphatic rings. The summed E-state index contributed by atoms with van der Waals surface area (Å²) in [6.45, 7) is 2.21. The van der Waals surface area contributed by atoms with E-state index < -0.39 is 23.0 Å². The fourth-order valence-electron chi connectivity index (χ4n) is 1.71. The molecule has 3 nitrogen and oxygen atoms in total. The maximum atomic E-state index is 13.8. The van der Waals surface area contributed by atoms with Crippen molar-refractivity contribution in [3.8, 4) is 0 Å². The van der Waals surface area contributed by atoms with Gasteiger partial charge in [-0.05, 0) is 35.0 Å². The van der Waals surface area contributed by atoms with Crippen LogP contribution in [0.3, 0.4) is 0 Å². The van der Waals surface area contributed by atoms with Crippen LogP contribution in [0.5, 0.6) is 0 Å². The van der Waals surface area contributed by atoms with E-state index in [0.717, 1.165) is 12.1 Å². The molecule has 100 valence electrons. The largest absolute Gasteiger partial charge is 0.287 e. The minimum Gasteiger partial charge on any atom is -0.287 e. The Bertz CT molecular complexity index is 632. The summed E-state index contributed by atoms with van der Waals surface area (Å²) >= 11 is 6.13. The van der Waals surface area contributed by atoms with Gasteiger partial charge in [-0.3, -0.25) is 9.48 Å². The zero-order valence-corrected chi connectivity index (χ0v) is 12.9. The van der Waals surface area contributed by atoms with Gasteiger partial charge in [-0.25, -0.2) is 8.78 Å². The second-order valence-electron chi connectivity index (χ2n) is 3.73. The first kappa shape index (κ1) is 14.3. The first-order valence-corrected chi connectivity index (χ1v) is 6.94. The molecule has 19 heavy (non-hydrogen) atoms. The molecule has 0 bridgehead atoms. The van der Waals surface area contributed by atoms with Gasteiger partial charge in [0.15, 0.2) is 0 Å². The molecular formula is C12H8Br2F2N2O. The fraction of sp³-hybridized carbons (Fsp3) is 0.167. The van der Waals surface area contributed by atoms with Gasteiger partial charge in [-0.2, -0.15) is 5.10 Å². The summed E-state index contributed by atoms with van der Waals surface area (Å²) in [6, 6.07) is 2.10. The van der Waals surface area contributed by atoms with Gasteiger partial charge in [0.25, 0.3) is 0 Å². The summed E-state index contributed by atoms with van der Waals surface area (Å²) in [5.74, 6) is -2.56. The van der Waals surface area contributed by atoms with Gasteiger partial charge in [-0.15, -0.1) is 0 Å². The Hall–Kier alpha value is -1.08. The molecule has 0 spiro atoms. The zero-order valence-electron chi connectivity index (χ0n) is 9.75. The smallest absolute Gasteiger partial charge is 0.218 e. The minimum absolute atomic E-state index is 0.127. The Labute approximate surface area is 124 Å². The van der Waals surface area contributed by atoms with Crippen LogP contribution in [0.4, 0.5) is 8.78 Å². The lowest BCUT2D eigenvalue weighted by Crippen LogP contribution is -2.14. The van der Waals surface area contributed by atoms with E-state index in [-0.39, 0.29) is 10.2 Å². The normalized spacial score (nSPS) is 10.8. The number of hydrogen-bond donors (Lipinski definition) is 0. The maximum absolute atomic E-state index is 13.8. The van der Waals surface area contributed by atoms with Crippen molar-refractivity contribution in [2.75, 3.05) is 0 Å². The first-order valence-electron chi connectivity index (χ1n) is 5.36. The van der Waals surface area contributed by atoms with E-state index in [1.807, 2.05) is 0 Å². The lowest BCUT2D eigenvalue weighted by molar-refractivity contribution is 0.102. The van der Waals surface area contributed by atoms with Crippen LogP contribution in [-0.4, -0.2) is 15.6 Å². The lowest BCUT2D eigenvalue weighted by Gasteiger charge is -2.07. The number of ketones is 1. The van der Waals surface area contributed by atoms with E-state index in [1.165, 1.54) is 10.9 Å². The Balaban J connectivity index is 2.59. The predicted molar refractivity (Wildman–Crippen MR) is 73.1 cm³/mol. The molecule has 0 aliphatic heterocycles. The molecule has 1 heterocycles. The van der Waals surface area contributed by atoms with E-state index in [9.17, 15) is 13.6 Å². The van der Waals surface area contributed by atoms with Gasteiger partial charge in [-0.1, -0.05) is 15.9 Å².